The van der Waals surface area contributed by atoms with Crippen LogP contribution in [0.15, 0.2) is 17.6 Å². The molecule has 1 aromatic rings. The molecule has 0 aliphatic heterocycles. The van der Waals surface area contributed by atoms with Crippen LogP contribution in [0.5, 0.6) is 0 Å². The number of aromatic nitrogens is 2. The minimum atomic E-state index is -0.639. The lowest BCUT2D eigenvalue weighted by atomic mass is 9.99. The van der Waals surface area contributed by atoms with Crippen molar-refractivity contribution in [3.63, 3.8) is 0 Å². The zero-order chi connectivity index (χ0) is 11.3. The highest BCUT2D eigenvalue weighted by molar-refractivity contribution is 7.99. The average Bonchev–Trinajstić information content (AvgIpc) is 2.70. The van der Waals surface area contributed by atoms with Crippen LogP contribution < -0.4 is 11.1 Å². The number of hydrogen-bond donors (Lipinski definition) is 3. The molecule has 1 atom stereocenters. The highest BCUT2D eigenvalue weighted by Crippen LogP contribution is 2.18. The molecule has 84 valence electrons. The van der Waals surface area contributed by atoms with Gasteiger partial charge in [0.2, 0.25) is 5.91 Å². The minimum absolute atomic E-state index is 0.329. The van der Waals surface area contributed by atoms with Crippen molar-refractivity contribution in [2.24, 2.45) is 5.73 Å². The summed E-state index contributed by atoms with van der Waals surface area (Å²) in [5.74, 6) is 0.457. The summed E-state index contributed by atoms with van der Waals surface area (Å²) in [6.07, 6.45) is 4.14. The van der Waals surface area contributed by atoms with Gasteiger partial charge in [0.1, 0.15) is 0 Å². The number of rotatable bonds is 6. The van der Waals surface area contributed by atoms with Crippen molar-refractivity contribution in [2.75, 3.05) is 12.8 Å². The van der Waals surface area contributed by atoms with E-state index in [4.69, 9.17) is 5.73 Å². The molecule has 0 radical (unpaired) electrons. The third kappa shape index (κ3) is 3.24. The van der Waals surface area contributed by atoms with E-state index in [0.29, 0.717) is 6.42 Å². The van der Waals surface area contributed by atoms with Gasteiger partial charge in [0.25, 0.3) is 0 Å². The summed E-state index contributed by atoms with van der Waals surface area (Å²) in [5, 5.41) is 3.80. The lowest BCUT2D eigenvalue weighted by Gasteiger charge is -2.24. The molecule has 5 nitrogen and oxygen atoms in total. The fourth-order valence-electron chi connectivity index (χ4n) is 1.05. The first kappa shape index (κ1) is 12.1. The number of likely N-dealkylation sites (N-methyl/N-ethyl adjacent to an activating group) is 1. The third-order valence-electron chi connectivity index (χ3n) is 2.41. The van der Waals surface area contributed by atoms with Crippen molar-refractivity contribution in [3.05, 3.63) is 12.4 Å². The number of carbonyl (C=O) groups is 1. The van der Waals surface area contributed by atoms with Crippen LogP contribution in [0.25, 0.3) is 0 Å². The Morgan fingerprint density at radius 2 is 2.53 bits per heavy atom. The van der Waals surface area contributed by atoms with Crippen molar-refractivity contribution in [2.45, 2.75) is 24.0 Å². The molecule has 0 aliphatic carbocycles. The van der Waals surface area contributed by atoms with E-state index in [1.54, 1.807) is 38.1 Å². The van der Waals surface area contributed by atoms with Crippen molar-refractivity contribution in [3.8, 4) is 0 Å². The van der Waals surface area contributed by atoms with E-state index >= 15 is 0 Å². The molecule has 0 fully saturated rings. The van der Waals surface area contributed by atoms with Gasteiger partial charge in [-0.1, -0.05) is 11.8 Å². The third-order valence-corrected chi connectivity index (χ3v) is 3.31. The second kappa shape index (κ2) is 5.18. The second-order valence-electron chi connectivity index (χ2n) is 3.44. The maximum Gasteiger partial charge on any atom is 0.237 e. The molecule has 6 heteroatoms. The Balaban J connectivity index is 2.38. The van der Waals surface area contributed by atoms with Gasteiger partial charge in [-0.15, -0.1) is 0 Å². The Kier molecular flexibility index (Phi) is 4.16. The predicted octanol–water partition coefficient (Wildman–Crippen LogP) is 0.355. The Labute approximate surface area is 93.2 Å². The lowest BCUT2D eigenvalue weighted by Crippen LogP contribution is -2.51. The van der Waals surface area contributed by atoms with Gasteiger partial charge in [-0.2, -0.15) is 0 Å². The van der Waals surface area contributed by atoms with Crippen LogP contribution in [-0.2, 0) is 4.79 Å². The lowest BCUT2D eigenvalue weighted by molar-refractivity contribution is -0.123. The number of aromatic amines is 1. The van der Waals surface area contributed by atoms with Gasteiger partial charge < -0.3 is 16.0 Å². The molecule has 1 heterocycles. The van der Waals surface area contributed by atoms with Gasteiger partial charge in [-0.05, 0) is 20.4 Å². The average molecular weight is 228 g/mol. The monoisotopic (exact) mass is 228 g/mol. The second-order valence-corrected chi connectivity index (χ2v) is 4.52. The molecular weight excluding hydrogens is 212 g/mol. The van der Waals surface area contributed by atoms with Crippen molar-refractivity contribution >= 4 is 17.7 Å². The quantitative estimate of drug-likeness (QED) is 0.614. The zero-order valence-corrected chi connectivity index (χ0v) is 9.73. The molecule has 1 rings (SSSR count). The van der Waals surface area contributed by atoms with Crippen molar-refractivity contribution in [1.82, 2.24) is 15.3 Å². The topological polar surface area (TPSA) is 83.8 Å². The van der Waals surface area contributed by atoms with Crippen LogP contribution >= 0.6 is 11.8 Å². The largest absolute Gasteiger partial charge is 0.368 e. The van der Waals surface area contributed by atoms with E-state index in [-0.39, 0.29) is 5.91 Å². The van der Waals surface area contributed by atoms with E-state index < -0.39 is 5.54 Å². The predicted molar refractivity (Wildman–Crippen MR) is 60.6 cm³/mol. The fourth-order valence-corrected chi connectivity index (χ4v) is 2.04. The summed E-state index contributed by atoms with van der Waals surface area (Å²) >= 11 is 1.57. The Morgan fingerprint density at radius 1 is 1.80 bits per heavy atom. The summed E-state index contributed by atoms with van der Waals surface area (Å²) in [7, 11) is 1.74. The maximum absolute atomic E-state index is 11.2. The number of hydrogen-bond acceptors (Lipinski definition) is 4. The first-order valence-electron chi connectivity index (χ1n) is 4.69. The number of amides is 1. The molecule has 4 N–H and O–H groups in total. The minimum Gasteiger partial charge on any atom is -0.368 e. The van der Waals surface area contributed by atoms with Crippen molar-refractivity contribution in [1.29, 1.82) is 0 Å². The van der Waals surface area contributed by atoms with Crippen LogP contribution in [-0.4, -0.2) is 34.2 Å². The Bertz CT molecular complexity index is 314. The zero-order valence-electron chi connectivity index (χ0n) is 8.91. The van der Waals surface area contributed by atoms with Crippen LogP contribution in [0.1, 0.15) is 13.3 Å². The number of carbonyl (C=O) groups excluding carboxylic acids is 1. The highest BCUT2D eigenvalue weighted by atomic mass is 32.2. The number of nitrogens with one attached hydrogen (secondary N) is 2. The number of thioether (sulfide) groups is 1. The Hall–Kier alpha value is -1.01. The van der Waals surface area contributed by atoms with Crippen LogP contribution in [0.3, 0.4) is 0 Å². The number of imidazole rings is 1. The van der Waals surface area contributed by atoms with E-state index in [2.05, 4.69) is 15.3 Å². The number of nitrogens with zero attached hydrogens (tertiary/aromatic N) is 1. The molecule has 0 saturated heterocycles. The summed E-state index contributed by atoms with van der Waals surface area (Å²) < 4.78 is 0. The van der Waals surface area contributed by atoms with E-state index in [0.717, 1.165) is 10.9 Å². The van der Waals surface area contributed by atoms with Gasteiger partial charge >= 0.3 is 0 Å². The van der Waals surface area contributed by atoms with Crippen LogP contribution in [0.4, 0.5) is 0 Å². The van der Waals surface area contributed by atoms with Gasteiger partial charge in [-0.25, -0.2) is 4.98 Å². The number of nitrogens with two attached hydrogens (primary N) is 1. The molecule has 0 spiro atoms. The normalized spacial score (nSPS) is 14.8. The SMILES string of the molecule is CNC(C)(CCSc1ncc[nH]1)C(N)=O. The van der Waals surface area contributed by atoms with E-state index in [1.807, 2.05) is 0 Å². The molecule has 1 aromatic heterocycles. The van der Waals surface area contributed by atoms with Crippen LogP contribution in [0.2, 0.25) is 0 Å². The summed E-state index contributed by atoms with van der Waals surface area (Å²) in [6.45, 7) is 1.80. The molecule has 15 heavy (non-hydrogen) atoms. The fraction of sp³-hybridized carbons (Fsp3) is 0.556. The summed E-state index contributed by atoms with van der Waals surface area (Å²) in [5.41, 5.74) is 4.67. The summed E-state index contributed by atoms with van der Waals surface area (Å²) in [6, 6.07) is 0. The van der Waals surface area contributed by atoms with Crippen LogP contribution in [0, 0.1) is 0 Å². The van der Waals surface area contributed by atoms with E-state index in [1.165, 1.54) is 0 Å². The maximum atomic E-state index is 11.2. The van der Waals surface area contributed by atoms with Gasteiger partial charge in [0.15, 0.2) is 5.16 Å². The molecule has 0 aliphatic rings. The molecule has 0 aromatic carbocycles. The highest BCUT2D eigenvalue weighted by Gasteiger charge is 2.28. The Morgan fingerprint density at radius 3 is 3.00 bits per heavy atom. The molecule has 1 unspecified atom stereocenters. The number of H-pyrrole nitrogens is 1. The van der Waals surface area contributed by atoms with Gasteiger partial charge in [0, 0.05) is 18.1 Å². The van der Waals surface area contributed by atoms with Gasteiger partial charge in [-0.3, -0.25) is 4.79 Å². The first-order chi connectivity index (χ1) is 7.08. The number of primary amides is 1. The van der Waals surface area contributed by atoms with Gasteiger partial charge in [0.05, 0.1) is 5.54 Å². The molecule has 0 bridgehead atoms. The van der Waals surface area contributed by atoms with Crippen molar-refractivity contribution < 1.29 is 4.79 Å². The molecular formula is C9H16N4OS. The molecule has 1 amide bonds. The first-order valence-corrected chi connectivity index (χ1v) is 5.68. The standard InChI is InChI=1S/C9H16N4OS/c1-9(11-2,7(10)14)3-6-15-8-12-4-5-13-8/h4-5,11H,3,6H2,1-2H3,(H2,10,14)(H,12,13). The summed E-state index contributed by atoms with van der Waals surface area (Å²) in [4.78, 5) is 18.2. The molecule has 0 saturated carbocycles. The van der Waals surface area contributed by atoms with E-state index in [9.17, 15) is 4.79 Å². The smallest absolute Gasteiger partial charge is 0.237 e.